The molecule has 0 unspecified atom stereocenters. The maximum Gasteiger partial charge on any atom is 0.156 e. The van der Waals surface area contributed by atoms with Gasteiger partial charge < -0.3 is 14.8 Å². The van der Waals surface area contributed by atoms with Gasteiger partial charge in [0.15, 0.2) is 5.75 Å². The highest BCUT2D eigenvalue weighted by atomic mass is 35.5. The minimum Gasteiger partial charge on any atom is -0.486 e. The van der Waals surface area contributed by atoms with E-state index >= 15 is 0 Å². The number of rotatable bonds is 8. The minimum atomic E-state index is 0.436. The Labute approximate surface area is 141 Å². The summed E-state index contributed by atoms with van der Waals surface area (Å²) in [5.41, 5.74) is 2.08. The molecular formula is C17H19Cl2NO2. The van der Waals surface area contributed by atoms with Crippen LogP contribution in [0.5, 0.6) is 5.75 Å². The Balaban J connectivity index is 1.97. The van der Waals surface area contributed by atoms with Crippen LogP contribution in [0.2, 0.25) is 10.0 Å². The molecule has 0 spiro atoms. The Kier molecular flexibility index (Phi) is 7.00. The van der Waals surface area contributed by atoms with Gasteiger partial charge in [-0.1, -0.05) is 53.5 Å². The molecule has 0 atom stereocenters. The lowest BCUT2D eigenvalue weighted by molar-refractivity contribution is 0.199. The van der Waals surface area contributed by atoms with Crippen LogP contribution in [0.4, 0.5) is 0 Å². The van der Waals surface area contributed by atoms with Gasteiger partial charge in [-0.25, -0.2) is 0 Å². The van der Waals surface area contributed by atoms with Crippen molar-refractivity contribution < 1.29 is 9.47 Å². The number of hydrogen-bond donors (Lipinski definition) is 1. The lowest BCUT2D eigenvalue weighted by Gasteiger charge is -2.12. The third-order valence-electron chi connectivity index (χ3n) is 3.10. The molecule has 2 aromatic rings. The molecule has 0 bridgehead atoms. The van der Waals surface area contributed by atoms with Crippen LogP contribution < -0.4 is 10.1 Å². The summed E-state index contributed by atoms with van der Waals surface area (Å²) in [6.45, 7) is 2.56. The molecule has 0 aliphatic carbocycles. The molecule has 2 rings (SSSR count). The second-order valence-corrected chi connectivity index (χ2v) is 5.65. The van der Waals surface area contributed by atoms with E-state index < -0.39 is 0 Å². The summed E-state index contributed by atoms with van der Waals surface area (Å²) in [5.74, 6) is 0.521. The van der Waals surface area contributed by atoms with Gasteiger partial charge in [0.05, 0.1) is 16.7 Å². The zero-order chi connectivity index (χ0) is 15.8. The first kappa shape index (κ1) is 17.1. The van der Waals surface area contributed by atoms with Crippen molar-refractivity contribution in [2.45, 2.75) is 13.2 Å². The fraction of sp³-hybridized carbons (Fsp3) is 0.294. The number of halogens is 2. The Morgan fingerprint density at radius 3 is 2.32 bits per heavy atom. The van der Waals surface area contributed by atoms with Crippen LogP contribution in [0.1, 0.15) is 11.1 Å². The summed E-state index contributed by atoms with van der Waals surface area (Å²) in [6.07, 6.45) is 0. The minimum absolute atomic E-state index is 0.436. The molecule has 0 fully saturated rings. The first-order chi connectivity index (χ1) is 10.7. The van der Waals surface area contributed by atoms with E-state index in [9.17, 15) is 0 Å². The predicted molar refractivity (Wildman–Crippen MR) is 90.8 cm³/mol. The van der Waals surface area contributed by atoms with Crippen LogP contribution in [-0.2, 0) is 17.9 Å². The molecule has 0 heterocycles. The lowest BCUT2D eigenvalue weighted by atomic mass is 10.2. The maximum atomic E-state index is 6.28. The quantitative estimate of drug-likeness (QED) is 0.727. The van der Waals surface area contributed by atoms with Crippen LogP contribution >= 0.6 is 23.2 Å². The van der Waals surface area contributed by atoms with Gasteiger partial charge in [0.25, 0.3) is 0 Å². The van der Waals surface area contributed by atoms with Crippen molar-refractivity contribution in [3.8, 4) is 5.75 Å². The second-order valence-electron chi connectivity index (χ2n) is 4.83. The molecule has 0 aliphatic rings. The molecule has 0 aliphatic heterocycles. The number of nitrogens with one attached hydrogen (secondary N) is 1. The van der Waals surface area contributed by atoms with Gasteiger partial charge in [-0.2, -0.15) is 0 Å². The number of methoxy groups -OCH3 is 1. The Hall–Kier alpha value is -1.26. The van der Waals surface area contributed by atoms with Crippen molar-refractivity contribution in [1.29, 1.82) is 0 Å². The third kappa shape index (κ3) is 5.18. The van der Waals surface area contributed by atoms with Gasteiger partial charge in [0, 0.05) is 20.2 Å². The second kappa shape index (κ2) is 9.01. The summed E-state index contributed by atoms with van der Waals surface area (Å²) in [5, 5.41) is 4.29. The SMILES string of the molecule is COCCNCc1cc(Cl)c(OCc2ccccc2)c(Cl)c1. The first-order valence-electron chi connectivity index (χ1n) is 7.05. The van der Waals surface area contributed by atoms with Gasteiger partial charge in [-0.05, 0) is 23.3 Å². The highest BCUT2D eigenvalue weighted by Gasteiger charge is 2.10. The zero-order valence-electron chi connectivity index (χ0n) is 12.4. The van der Waals surface area contributed by atoms with Gasteiger partial charge in [0.2, 0.25) is 0 Å². The molecule has 22 heavy (non-hydrogen) atoms. The fourth-order valence-corrected chi connectivity index (χ4v) is 2.63. The van der Waals surface area contributed by atoms with Gasteiger partial charge in [0.1, 0.15) is 6.61 Å². The molecular weight excluding hydrogens is 321 g/mol. The van der Waals surface area contributed by atoms with Crippen LogP contribution in [0.25, 0.3) is 0 Å². The molecule has 1 N–H and O–H groups in total. The largest absolute Gasteiger partial charge is 0.486 e. The normalized spacial score (nSPS) is 10.7. The van der Waals surface area contributed by atoms with Gasteiger partial charge in [-0.15, -0.1) is 0 Å². The van der Waals surface area contributed by atoms with Crippen molar-refractivity contribution in [2.75, 3.05) is 20.3 Å². The van der Waals surface area contributed by atoms with Crippen molar-refractivity contribution in [1.82, 2.24) is 5.32 Å². The van der Waals surface area contributed by atoms with Crippen LogP contribution in [0, 0.1) is 0 Å². The summed E-state index contributed by atoms with van der Waals surface area (Å²) in [4.78, 5) is 0. The van der Waals surface area contributed by atoms with Crippen molar-refractivity contribution in [3.05, 3.63) is 63.6 Å². The van der Waals surface area contributed by atoms with Crippen molar-refractivity contribution in [3.63, 3.8) is 0 Å². The summed E-state index contributed by atoms with van der Waals surface area (Å²) in [7, 11) is 1.67. The van der Waals surface area contributed by atoms with Crippen molar-refractivity contribution in [2.24, 2.45) is 0 Å². The third-order valence-corrected chi connectivity index (χ3v) is 3.66. The van der Waals surface area contributed by atoms with E-state index in [-0.39, 0.29) is 0 Å². The monoisotopic (exact) mass is 339 g/mol. The van der Waals surface area contributed by atoms with E-state index in [1.165, 1.54) is 0 Å². The number of benzene rings is 2. The molecule has 3 nitrogen and oxygen atoms in total. The average molecular weight is 340 g/mol. The van der Waals surface area contributed by atoms with E-state index in [1.807, 2.05) is 42.5 Å². The molecule has 0 saturated heterocycles. The number of ether oxygens (including phenoxy) is 2. The Morgan fingerprint density at radius 1 is 1.00 bits per heavy atom. The standard InChI is InChI=1S/C17H19Cl2NO2/c1-21-8-7-20-11-14-9-15(18)17(16(19)10-14)22-12-13-5-3-2-4-6-13/h2-6,9-10,20H,7-8,11-12H2,1H3. The van der Waals surface area contributed by atoms with Crippen LogP contribution in [0.15, 0.2) is 42.5 Å². The average Bonchev–Trinajstić information content (AvgIpc) is 2.52. The number of hydrogen-bond acceptors (Lipinski definition) is 3. The van der Waals surface area contributed by atoms with Crippen LogP contribution in [-0.4, -0.2) is 20.3 Å². The lowest BCUT2D eigenvalue weighted by Crippen LogP contribution is -2.18. The molecule has 2 aromatic carbocycles. The van der Waals surface area contributed by atoms with E-state index in [0.717, 1.165) is 17.7 Å². The molecule has 0 radical (unpaired) electrons. The summed E-state index contributed by atoms with van der Waals surface area (Å²) < 4.78 is 10.7. The smallest absolute Gasteiger partial charge is 0.156 e. The van der Waals surface area contributed by atoms with Crippen LogP contribution in [0.3, 0.4) is 0 Å². The summed E-state index contributed by atoms with van der Waals surface area (Å²) >= 11 is 12.6. The zero-order valence-corrected chi connectivity index (χ0v) is 14.0. The van der Waals surface area contributed by atoms with Gasteiger partial charge in [-0.3, -0.25) is 0 Å². The van der Waals surface area contributed by atoms with Gasteiger partial charge >= 0.3 is 0 Å². The van der Waals surface area contributed by atoms with E-state index in [0.29, 0.717) is 35.6 Å². The predicted octanol–water partition coefficient (Wildman–Crippen LogP) is 4.31. The maximum absolute atomic E-state index is 6.28. The van der Waals surface area contributed by atoms with E-state index in [2.05, 4.69) is 5.32 Å². The highest BCUT2D eigenvalue weighted by molar-refractivity contribution is 6.37. The molecule has 0 amide bonds. The van der Waals surface area contributed by atoms with E-state index in [1.54, 1.807) is 7.11 Å². The fourth-order valence-electron chi connectivity index (χ4n) is 1.99. The molecule has 0 aromatic heterocycles. The van der Waals surface area contributed by atoms with E-state index in [4.69, 9.17) is 32.7 Å². The molecule has 0 saturated carbocycles. The molecule has 118 valence electrons. The Bertz CT molecular complexity index is 567. The topological polar surface area (TPSA) is 30.5 Å². The first-order valence-corrected chi connectivity index (χ1v) is 7.80. The van der Waals surface area contributed by atoms with Crippen molar-refractivity contribution >= 4 is 23.2 Å². The Morgan fingerprint density at radius 2 is 1.68 bits per heavy atom. The molecule has 5 heteroatoms. The summed E-state index contributed by atoms with van der Waals surface area (Å²) in [6, 6.07) is 13.6. The highest BCUT2D eigenvalue weighted by Crippen LogP contribution is 2.34.